The molecular formula is C10H8Cl2INO2S. The Labute approximate surface area is 124 Å². The van der Waals surface area contributed by atoms with Gasteiger partial charge in [-0.3, -0.25) is 0 Å². The summed E-state index contributed by atoms with van der Waals surface area (Å²) in [6.07, 6.45) is 5.26. The summed E-state index contributed by atoms with van der Waals surface area (Å²) in [6, 6.07) is 6.43. The molecule has 1 aromatic rings. The SMILES string of the molecule is C#CC(I)N(c1cccc(Cl)c1)S(=O)(=O)CCl. The van der Waals surface area contributed by atoms with Crippen LogP contribution in [0.15, 0.2) is 24.3 Å². The second-order valence-corrected chi connectivity index (χ2v) is 7.05. The van der Waals surface area contributed by atoms with Crippen LogP contribution in [0.1, 0.15) is 0 Å². The van der Waals surface area contributed by atoms with Crippen LogP contribution in [-0.4, -0.2) is 17.7 Å². The number of rotatable bonds is 4. The molecule has 0 amide bonds. The molecule has 1 aromatic carbocycles. The van der Waals surface area contributed by atoms with E-state index in [0.29, 0.717) is 10.7 Å². The number of sulfonamides is 1. The van der Waals surface area contributed by atoms with Crippen molar-refractivity contribution in [3.8, 4) is 12.3 Å². The summed E-state index contributed by atoms with van der Waals surface area (Å²) in [5, 5.41) is -0.112. The summed E-state index contributed by atoms with van der Waals surface area (Å²) in [5.74, 6) is 2.36. The maximum absolute atomic E-state index is 11.9. The normalized spacial score (nSPS) is 12.8. The van der Waals surface area contributed by atoms with Crippen LogP contribution in [0.25, 0.3) is 0 Å². The van der Waals surface area contributed by atoms with Crippen LogP contribution in [0.4, 0.5) is 5.69 Å². The molecule has 1 rings (SSSR count). The molecular weight excluding hydrogens is 396 g/mol. The first-order valence-electron chi connectivity index (χ1n) is 4.36. The van der Waals surface area contributed by atoms with E-state index in [1.54, 1.807) is 18.2 Å². The van der Waals surface area contributed by atoms with Crippen LogP contribution >= 0.6 is 45.8 Å². The van der Waals surface area contributed by atoms with Crippen LogP contribution in [-0.2, 0) is 10.0 Å². The van der Waals surface area contributed by atoms with Gasteiger partial charge in [-0.25, -0.2) is 12.7 Å². The van der Waals surface area contributed by atoms with E-state index in [4.69, 9.17) is 29.6 Å². The fourth-order valence-corrected chi connectivity index (χ4v) is 3.91. The minimum absolute atomic E-state index is 0.399. The van der Waals surface area contributed by atoms with Crippen molar-refractivity contribution in [1.29, 1.82) is 0 Å². The number of terminal acetylenes is 1. The standard InChI is InChI=1S/C10H8Cl2INO2S/c1-2-10(13)14(17(15,16)7-11)9-5-3-4-8(12)6-9/h1,3-6,10H,7H2. The van der Waals surface area contributed by atoms with Crippen molar-refractivity contribution in [2.24, 2.45) is 0 Å². The quantitative estimate of drug-likeness (QED) is 0.335. The number of hydrogen-bond donors (Lipinski definition) is 0. The third kappa shape index (κ3) is 3.65. The lowest BCUT2D eigenvalue weighted by atomic mass is 10.3. The molecule has 0 heterocycles. The summed E-state index contributed by atoms with van der Waals surface area (Å²) in [6.45, 7) is 0. The van der Waals surface area contributed by atoms with Crippen LogP contribution in [0.5, 0.6) is 0 Å². The molecule has 0 saturated heterocycles. The molecule has 92 valence electrons. The molecule has 0 N–H and O–H groups in total. The fraction of sp³-hybridized carbons (Fsp3) is 0.200. The maximum atomic E-state index is 11.9. The Kier molecular flexibility index (Phi) is 5.38. The first-order chi connectivity index (χ1) is 7.92. The van der Waals surface area contributed by atoms with Crippen LogP contribution < -0.4 is 4.31 Å². The molecule has 3 nitrogen and oxygen atoms in total. The highest BCUT2D eigenvalue weighted by Gasteiger charge is 2.26. The van der Waals surface area contributed by atoms with Crippen molar-refractivity contribution < 1.29 is 8.42 Å². The minimum atomic E-state index is -3.65. The molecule has 1 unspecified atom stereocenters. The van der Waals surface area contributed by atoms with Crippen molar-refractivity contribution >= 4 is 61.5 Å². The predicted octanol–water partition coefficient (Wildman–Crippen LogP) is 3.07. The highest BCUT2D eigenvalue weighted by Crippen LogP contribution is 2.27. The Morgan fingerprint density at radius 2 is 2.18 bits per heavy atom. The largest absolute Gasteiger partial charge is 0.250 e. The van der Waals surface area contributed by atoms with Gasteiger partial charge in [0.2, 0.25) is 0 Å². The average Bonchev–Trinajstić information content (AvgIpc) is 2.29. The maximum Gasteiger partial charge on any atom is 0.250 e. The monoisotopic (exact) mass is 403 g/mol. The van der Waals surface area contributed by atoms with E-state index < -0.39 is 19.3 Å². The van der Waals surface area contributed by atoms with Gasteiger partial charge in [-0.15, -0.1) is 18.0 Å². The zero-order chi connectivity index (χ0) is 13.1. The van der Waals surface area contributed by atoms with Crippen molar-refractivity contribution in [1.82, 2.24) is 0 Å². The molecule has 0 spiro atoms. The van der Waals surface area contributed by atoms with E-state index in [9.17, 15) is 8.42 Å². The third-order valence-electron chi connectivity index (χ3n) is 1.84. The molecule has 1 atom stereocenters. The second-order valence-electron chi connectivity index (χ2n) is 3.00. The summed E-state index contributed by atoms with van der Waals surface area (Å²) in [5.41, 5.74) is 0.399. The van der Waals surface area contributed by atoms with Crippen LogP contribution in [0.2, 0.25) is 5.02 Å². The average molecular weight is 404 g/mol. The zero-order valence-corrected chi connectivity index (χ0v) is 13.0. The van der Waals surface area contributed by atoms with Gasteiger partial charge in [-0.2, -0.15) is 0 Å². The molecule has 0 aliphatic carbocycles. The molecule has 7 heteroatoms. The number of benzene rings is 1. The highest BCUT2D eigenvalue weighted by molar-refractivity contribution is 14.1. The van der Waals surface area contributed by atoms with Gasteiger partial charge in [0.25, 0.3) is 10.0 Å². The molecule has 0 aromatic heterocycles. The summed E-state index contributed by atoms with van der Waals surface area (Å²) < 4.78 is 24.1. The lowest BCUT2D eigenvalue weighted by Crippen LogP contribution is -2.36. The number of hydrogen-bond acceptors (Lipinski definition) is 2. The Morgan fingerprint density at radius 1 is 1.53 bits per heavy atom. The summed E-state index contributed by atoms with van der Waals surface area (Å²) in [7, 11) is -3.65. The van der Waals surface area contributed by atoms with Gasteiger partial charge < -0.3 is 0 Å². The van der Waals surface area contributed by atoms with E-state index >= 15 is 0 Å². The number of nitrogens with zero attached hydrogens (tertiary/aromatic N) is 1. The lowest BCUT2D eigenvalue weighted by molar-refractivity contribution is 0.597. The molecule has 0 aliphatic heterocycles. The van der Waals surface area contributed by atoms with Gasteiger partial charge in [0, 0.05) is 5.02 Å². The van der Waals surface area contributed by atoms with E-state index in [0.717, 1.165) is 4.31 Å². The highest BCUT2D eigenvalue weighted by atomic mass is 127. The Bertz CT molecular complexity index is 541. The van der Waals surface area contributed by atoms with Crippen LogP contribution in [0, 0.1) is 12.3 Å². The first kappa shape index (κ1) is 14.9. The number of anilines is 1. The Hall–Kier alpha value is -0.160. The fourth-order valence-electron chi connectivity index (χ4n) is 1.17. The molecule has 0 fully saturated rings. The second kappa shape index (κ2) is 6.14. The van der Waals surface area contributed by atoms with Crippen molar-refractivity contribution in [3.05, 3.63) is 29.3 Å². The van der Waals surface area contributed by atoms with Crippen molar-refractivity contribution in [2.45, 2.75) is 4.05 Å². The van der Waals surface area contributed by atoms with Crippen LogP contribution in [0.3, 0.4) is 0 Å². The van der Waals surface area contributed by atoms with Gasteiger partial charge in [-0.1, -0.05) is 23.6 Å². The van der Waals surface area contributed by atoms with Gasteiger partial charge >= 0.3 is 0 Å². The summed E-state index contributed by atoms with van der Waals surface area (Å²) >= 11 is 13.1. The van der Waals surface area contributed by atoms with E-state index in [1.807, 2.05) is 22.6 Å². The van der Waals surface area contributed by atoms with Gasteiger partial charge in [-0.05, 0) is 40.8 Å². The van der Waals surface area contributed by atoms with Gasteiger partial charge in [0.05, 0.1) is 5.69 Å². The molecule has 0 radical (unpaired) electrons. The van der Waals surface area contributed by atoms with E-state index in [2.05, 4.69) is 5.92 Å². The summed E-state index contributed by atoms with van der Waals surface area (Å²) in [4.78, 5) is 0. The first-order valence-corrected chi connectivity index (χ1v) is 8.13. The van der Waals surface area contributed by atoms with E-state index in [-0.39, 0.29) is 0 Å². The van der Waals surface area contributed by atoms with Crippen molar-refractivity contribution in [2.75, 3.05) is 9.52 Å². The lowest BCUT2D eigenvalue weighted by Gasteiger charge is -2.25. The Balaban J connectivity index is 3.31. The smallest absolute Gasteiger partial charge is 0.245 e. The zero-order valence-electron chi connectivity index (χ0n) is 8.48. The number of halogens is 3. The topological polar surface area (TPSA) is 37.4 Å². The minimum Gasteiger partial charge on any atom is -0.245 e. The predicted molar refractivity (Wildman–Crippen MR) is 80.2 cm³/mol. The molecule has 0 aliphatic rings. The van der Waals surface area contributed by atoms with E-state index in [1.165, 1.54) is 6.07 Å². The molecule has 0 bridgehead atoms. The van der Waals surface area contributed by atoms with Crippen molar-refractivity contribution in [3.63, 3.8) is 0 Å². The molecule has 17 heavy (non-hydrogen) atoms. The Morgan fingerprint density at radius 3 is 2.65 bits per heavy atom. The van der Waals surface area contributed by atoms with Gasteiger partial charge in [0.15, 0.2) is 4.05 Å². The third-order valence-corrected chi connectivity index (χ3v) is 5.50. The van der Waals surface area contributed by atoms with Gasteiger partial charge in [0.1, 0.15) is 5.21 Å². The molecule has 0 saturated carbocycles. The number of alkyl halides is 2.